The van der Waals surface area contributed by atoms with Crippen LogP contribution in [0.4, 0.5) is 19.1 Å². The molecular weight excluding hydrogens is 325 g/mol. The lowest BCUT2D eigenvalue weighted by molar-refractivity contribution is -0.141. The predicted octanol–water partition coefficient (Wildman–Crippen LogP) is 1.16. The molecule has 0 saturated carbocycles. The van der Waals surface area contributed by atoms with Crippen molar-refractivity contribution in [2.45, 2.75) is 24.6 Å². The number of anilines is 1. The number of hydrogen-bond acceptors (Lipinski definition) is 6. The van der Waals surface area contributed by atoms with E-state index in [1.807, 2.05) is 0 Å². The van der Waals surface area contributed by atoms with Crippen LogP contribution in [-0.2, 0) is 10.9 Å². The average molecular weight is 346 g/mol. The lowest BCUT2D eigenvalue weighted by Gasteiger charge is -2.34. The molecular formula is C15H21F3N4O2. The Morgan fingerprint density at radius 1 is 1.25 bits per heavy atom. The molecule has 2 saturated heterocycles. The fourth-order valence-corrected chi connectivity index (χ4v) is 3.20. The van der Waals surface area contributed by atoms with Gasteiger partial charge < -0.3 is 19.6 Å². The number of aromatic nitrogens is 2. The van der Waals surface area contributed by atoms with Crippen LogP contribution in [-0.4, -0.2) is 71.5 Å². The van der Waals surface area contributed by atoms with Gasteiger partial charge in [0.2, 0.25) is 5.95 Å². The highest BCUT2D eigenvalue weighted by Gasteiger charge is 2.37. The first-order chi connectivity index (χ1) is 11.4. The van der Waals surface area contributed by atoms with Crippen LogP contribution in [0.15, 0.2) is 12.3 Å². The highest BCUT2D eigenvalue weighted by atomic mass is 19.4. The molecule has 1 aromatic rings. The van der Waals surface area contributed by atoms with Crippen LogP contribution >= 0.6 is 0 Å². The first-order valence-electron chi connectivity index (χ1n) is 8.03. The van der Waals surface area contributed by atoms with Crippen LogP contribution in [0.5, 0.6) is 0 Å². The number of likely N-dealkylation sites (tertiary alicyclic amines) is 1. The van der Waals surface area contributed by atoms with Gasteiger partial charge in [0.25, 0.3) is 0 Å². The molecule has 24 heavy (non-hydrogen) atoms. The third kappa shape index (κ3) is 4.14. The lowest BCUT2D eigenvalue weighted by atomic mass is 10.0. The minimum Gasteiger partial charge on any atom is -0.384 e. The molecule has 1 unspecified atom stereocenters. The van der Waals surface area contributed by atoms with E-state index in [1.165, 1.54) is 0 Å². The summed E-state index contributed by atoms with van der Waals surface area (Å²) in [6.07, 6.45) is -1.24. The van der Waals surface area contributed by atoms with E-state index in [4.69, 9.17) is 4.74 Å². The smallest absolute Gasteiger partial charge is 0.384 e. The van der Waals surface area contributed by atoms with Crippen molar-refractivity contribution in [1.82, 2.24) is 14.9 Å². The highest BCUT2D eigenvalue weighted by Crippen LogP contribution is 2.28. The predicted molar refractivity (Wildman–Crippen MR) is 80.7 cm³/mol. The summed E-state index contributed by atoms with van der Waals surface area (Å²) in [5, 5.41) is 10.9. The minimum absolute atomic E-state index is 0.0322. The van der Waals surface area contributed by atoms with Crippen LogP contribution < -0.4 is 4.90 Å². The summed E-state index contributed by atoms with van der Waals surface area (Å²) in [4.78, 5) is 11.3. The van der Waals surface area contributed by atoms with Crippen molar-refractivity contribution in [2.75, 3.05) is 50.8 Å². The molecule has 2 aliphatic rings. The Morgan fingerprint density at radius 2 is 2.00 bits per heavy atom. The van der Waals surface area contributed by atoms with Gasteiger partial charge in [0, 0.05) is 19.3 Å². The molecule has 0 radical (unpaired) electrons. The van der Waals surface area contributed by atoms with E-state index in [9.17, 15) is 18.3 Å². The minimum atomic E-state index is -4.52. The quantitative estimate of drug-likeness (QED) is 0.886. The fourth-order valence-electron chi connectivity index (χ4n) is 3.20. The van der Waals surface area contributed by atoms with Gasteiger partial charge in [0.1, 0.15) is 11.3 Å². The van der Waals surface area contributed by atoms with Gasteiger partial charge in [0.15, 0.2) is 0 Å². The molecule has 0 spiro atoms. The molecule has 2 aliphatic heterocycles. The van der Waals surface area contributed by atoms with Crippen molar-refractivity contribution in [2.24, 2.45) is 0 Å². The second-order valence-corrected chi connectivity index (χ2v) is 6.42. The zero-order valence-electron chi connectivity index (χ0n) is 13.3. The topological polar surface area (TPSA) is 61.7 Å². The zero-order valence-corrected chi connectivity index (χ0v) is 13.3. The van der Waals surface area contributed by atoms with Crippen molar-refractivity contribution in [3.05, 3.63) is 18.0 Å². The highest BCUT2D eigenvalue weighted by molar-refractivity contribution is 5.32. The summed E-state index contributed by atoms with van der Waals surface area (Å²) < 4.78 is 44.0. The van der Waals surface area contributed by atoms with Gasteiger partial charge in [-0.1, -0.05) is 0 Å². The number of aliphatic hydroxyl groups is 1. The van der Waals surface area contributed by atoms with E-state index < -0.39 is 17.5 Å². The third-order valence-corrected chi connectivity index (χ3v) is 4.29. The Hall–Kier alpha value is -1.45. The summed E-state index contributed by atoms with van der Waals surface area (Å²) in [5.74, 6) is -0.0322. The van der Waals surface area contributed by atoms with E-state index in [1.54, 1.807) is 4.90 Å². The van der Waals surface area contributed by atoms with Gasteiger partial charge in [-0.15, -0.1) is 0 Å². The summed E-state index contributed by atoms with van der Waals surface area (Å²) >= 11 is 0. The van der Waals surface area contributed by atoms with Crippen LogP contribution in [0.25, 0.3) is 0 Å². The average Bonchev–Trinajstić information content (AvgIpc) is 2.94. The maximum absolute atomic E-state index is 12.8. The van der Waals surface area contributed by atoms with Crippen molar-refractivity contribution in [3.8, 4) is 0 Å². The molecule has 0 amide bonds. The number of hydrogen-bond donors (Lipinski definition) is 1. The number of rotatable bonds is 3. The normalized spacial score (nSPS) is 26.6. The molecule has 1 N–H and O–H groups in total. The second kappa shape index (κ2) is 6.81. The van der Waals surface area contributed by atoms with Gasteiger partial charge in [-0.2, -0.15) is 13.2 Å². The van der Waals surface area contributed by atoms with E-state index in [2.05, 4.69) is 14.9 Å². The largest absolute Gasteiger partial charge is 0.433 e. The molecule has 1 aromatic heterocycles. The molecule has 2 fully saturated rings. The van der Waals surface area contributed by atoms with E-state index in [0.29, 0.717) is 19.7 Å². The summed E-state index contributed by atoms with van der Waals surface area (Å²) in [5.41, 5.74) is -2.14. The zero-order chi connectivity index (χ0) is 17.2. The molecule has 0 aromatic carbocycles. The molecule has 9 heteroatoms. The second-order valence-electron chi connectivity index (χ2n) is 6.42. The number of ether oxygens (including phenoxy) is 1. The molecule has 6 nitrogen and oxygen atoms in total. The van der Waals surface area contributed by atoms with Gasteiger partial charge in [-0.25, -0.2) is 9.97 Å². The van der Waals surface area contributed by atoms with Crippen molar-refractivity contribution in [3.63, 3.8) is 0 Å². The van der Waals surface area contributed by atoms with Crippen LogP contribution in [0.2, 0.25) is 0 Å². The fraction of sp³-hybridized carbons (Fsp3) is 0.733. The lowest BCUT2D eigenvalue weighted by Crippen LogP contribution is -2.52. The van der Waals surface area contributed by atoms with E-state index >= 15 is 0 Å². The molecule has 0 aliphatic carbocycles. The van der Waals surface area contributed by atoms with Crippen LogP contribution in [0.1, 0.15) is 18.5 Å². The van der Waals surface area contributed by atoms with E-state index in [-0.39, 0.29) is 19.1 Å². The summed E-state index contributed by atoms with van der Waals surface area (Å²) in [6.45, 7) is 3.21. The Balaban J connectivity index is 1.77. The Labute approximate surface area is 138 Å². The van der Waals surface area contributed by atoms with Gasteiger partial charge in [-0.3, -0.25) is 0 Å². The number of nitrogens with zero attached hydrogens (tertiary/aromatic N) is 4. The molecule has 3 heterocycles. The number of alkyl halides is 3. The maximum atomic E-state index is 12.8. The summed E-state index contributed by atoms with van der Waals surface area (Å²) in [6, 6.07) is 0.842. The molecule has 3 rings (SSSR count). The first-order valence-corrected chi connectivity index (χ1v) is 8.03. The third-order valence-electron chi connectivity index (χ3n) is 4.29. The molecule has 134 valence electrons. The van der Waals surface area contributed by atoms with Crippen LogP contribution in [0, 0.1) is 0 Å². The molecule has 1 atom stereocenters. The van der Waals surface area contributed by atoms with Gasteiger partial charge >= 0.3 is 6.18 Å². The van der Waals surface area contributed by atoms with Crippen molar-refractivity contribution < 1.29 is 23.0 Å². The molecule has 0 bridgehead atoms. The standard InChI is InChI=1S/C15H21F3N4O2/c16-15(17,18)12-3-4-19-13(20-12)22-7-8-24-11-14(23,10-22)9-21-5-1-2-6-21/h3-4,23H,1-2,5-11H2. The van der Waals surface area contributed by atoms with E-state index in [0.717, 1.165) is 38.2 Å². The number of β-amino-alcohol motifs (C(OH)–C–C–N with tert-alkyl or cyclic N) is 1. The summed E-state index contributed by atoms with van der Waals surface area (Å²) in [7, 11) is 0. The first kappa shape index (κ1) is 17.4. The monoisotopic (exact) mass is 346 g/mol. The Bertz CT molecular complexity index is 566. The van der Waals surface area contributed by atoms with Gasteiger partial charge in [-0.05, 0) is 32.0 Å². The SMILES string of the molecule is OC1(CN2CCCC2)COCCN(c2nccc(C(F)(F)F)n2)C1. The van der Waals surface area contributed by atoms with Crippen molar-refractivity contribution >= 4 is 5.95 Å². The Morgan fingerprint density at radius 3 is 2.71 bits per heavy atom. The van der Waals surface area contributed by atoms with Crippen LogP contribution in [0.3, 0.4) is 0 Å². The number of halogens is 3. The van der Waals surface area contributed by atoms with Crippen molar-refractivity contribution in [1.29, 1.82) is 0 Å². The van der Waals surface area contributed by atoms with Gasteiger partial charge in [0.05, 0.1) is 19.8 Å². The Kier molecular flexibility index (Phi) is 4.93. The maximum Gasteiger partial charge on any atom is 0.433 e.